The van der Waals surface area contributed by atoms with E-state index in [1.807, 2.05) is 10.6 Å². The molecule has 0 unspecified atom stereocenters. The van der Waals surface area contributed by atoms with E-state index >= 15 is 0 Å². The number of pyridine rings is 1. The second-order valence-corrected chi connectivity index (χ2v) is 6.34. The van der Waals surface area contributed by atoms with Crippen LogP contribution >= 0.6 is 28.1 Å². The number of imidazole rings is 1. The van der Waals surface area contributed by atoms with Crippen LogP contribution in [0.4, 0.5) is 0 Å². The van der Waals surface area contributed by atoms with Crippen molar-refractivity contribution in [3.05, 3.63) is 51.3 Å². The Morgan fingerprint density at radius 1 is 1.25 bits per heavy atom. The smallest absolute Gasteiger partial charge is 0.183 e. The molecule has 0 saturated heterocycles. The molecule has 0 aliphatic heterocycles. The molecule has 3 aromatic rings. The molecule has 0 spiro atoms. The van der Waals surface area contributed by atoms with Crippen LogP contribution in [0.3, 0.4) is 0 Å². The lowest BCUT2D eigenvalue weighted by Crippen LogP contribution is -1.96. The molecule has 5 heteroatoms. The number of halogens is 1. The van der Waals surface area contributed by atoms with Gasteiger partial charge in [-0.25, -0.2) is 4.98 Å². The fourth-order valence-electron chi connectivity index (χ4n) is 2.22. The van der Waals surface area contributed by atoms with Gasteiger partial charge in [-0.05, 0) is 57.8 Å². The third kappa shape index (κ3) is 2.31. The minimum atomic E-state index is 0.522. The predicted octanol–water partition coefficient (Wildman–Crippen LogP) is 4.97. The van der Waals surface area contributed by atoms with Crippen LogP contribution < -0.4 is 0 Å². The molecule has 0 aliphatic rings. The van der Waals surface area contributed by atoms with Crippen LogP contribution in [0.5, 0.6) is 0 Å². The van der Waals surface area contributed by atoms with Gasteiger partial charge in [-0.15, -0.1) is 0 Å². The Morgan fingerprint density at radius 2 is 1.95 bits per heavy atom. The molecular formula is C15H14BrN3S. The number of nitrogens with zero attached hydrogens (tertiary/aromatic N) is 2. The first kappa shape index (κ1) is 13.5. The molecule has 20 heavy (non-hydrogen) atoms. The topological polar surface area (TPSA) is 33.6 Å². The van der Waals surface area contributed by atoms with Gasteiger partial charge >= 0.3 is 0 Å². The van der Waals surface area contributed by atoms with Crippen LogP contribution in [0.1, 0.15) is 25.3 Å². The summed E-state index contributed by atoms with van der Waals surface area (Å²) in [7, 11) is 0. The van der Waals surface area contributed by atoms with Crippen LogP contribution in [0.15, 0.2) is 41.0 Å². The molecular weight excluding hydrogens is 334 g/mol. The number of aromatic nitrogens is 3. The third-order valence-electron chi connectivity index (χ3n) is 3.31. The van der Waals surface area contributed by atoms with E-state index in [0.717, 1.165) is 21.3 Å². The maximum absolute atomic E-state index is 5.41. The van der Waals surface area contributed by atoms with Gasteiger partial charge in [0.2, 0.25) is 0 Å². The first-order chi connectivity index (χ1) is 9.56. The van der Waals surface area contributed by atoms with E-state index < -0.39 is 0 Å². The third-order valence-corrected chi connectivity index (χ3v) is 4.03. The predicted molar refractivity (Wildman–Crippen MR) is 88.0 cm³/mol. The molecule has 0 radical (unpaired) electrons. The minimum absolute atomic E-state index is 0.522. The first-order valence-electron chi connectivity index (χ1n) is 6.43. The summed E-state index contributed by atoms with van der Waals surface area (Å²) in [6.45, 7) is 4.37. The van der Waals surface area contributed by atoms with Crippen molar-refractivity contribution >= 4 is 39.3 Å². The van der Waals surface area contributed by atoms with Gasteiger partial charge in [-0.3, -0.25) is 4.57 Å². The Balaban J connectivity index is 2.19. The molecule has 3 nitrogen and oxygen atoms in total. The molecule has 2 heterocycles. The van der Waals surface area contributed by atoms with Gasteiger partial charge in [0.1, 0.15) is 0 Å². The quantitative estimate of drug-likeness (QED) is 0.664. The van der Waals surface area contributed by atoms with E-state index in [1.165, 1.54) is 5.56 Å². The molecule has 1 aromatic carbocycles. The molecule has 2 aromatic heterocycles. The lowest BCUT2D eigenvalue weighted by atomic mass is 10.0. The number of aromatic amines is 1. The van der Waals surface area contributed by atoms with E-state index in [1.54, 1.807) is 6.20 Å². The number of nitrogens with one attached hydrogen (secondary N) is 1. The summed E-state index contributed by atoms with van der Waals surface area (Å²) in [5.74, 6) is 0.522. The molecule has 0 saturated carbocycles. The largest absolute Gasteiger partial charge is 0.329 e. The maximum atomic E-state index is 5.41. The standard InChI is InChI=1S/C15H14BrN3S/c1-9(2)10-3-5-12(6-4-10)19-14-13(18-15(19)20)7-11(16)8-17-14/h3-9H,1-2H3,(H,18,20). The first-order valence-corrected chi connectivity index (χ1v) is 7.63. The summed E-state index contributed by atoms with van der Waals surface area (Å²) >= 11 is 8.84. The van der Waals surface area contributed by atoms with Crippen LogP contribution in [-0.4, -0.2) is 14.5 Å². The maximum Gasteiger partial charge on any atom is 0.183 e. The van der Waals surface area contributed by atoms with Gasteiger partial charge in [0.05, 0.1) is 5.52 Å². The fraction of sp³-hybridized carbons (Fsp3) is 0.200. The van der Waals surface area contributed by atoms with Gasteiger partial charge in [-0.1, -0.05) is 26.0 Å². The lowest BCUT2D eigenvalue weighted by molar-refractivity contribution is 0.865. The number of benzene rings is 1. The Kier molecular flexibility index (Phi) is 3.48. The van der Waals surface area contributed by atoms with Gasteiger partial charge in [0.15, 0.2) is 10.4 Å². The highest BCUT2D eigenvalue weighted by Crippen LogP contribution is 2.22. The van der Waals surface area contributed by atoms with E-state index in [-0.39, 0.29) is 0 Å². The second-order valence-electron chi connectivity index (χ2n) is 5.04. The molecule has 0 atom stereocenters. The van der Waals surface area contributed by atoms with Crippen LogP contribution in [0.2, 0.25) is 0 Å². The van der Waals surface area contributed by atoms with Crippen molar-refractivity contribution in [3.8, 4) is 5.69 Å². The zero-order valence-corrected chi connectivity index (χ0v) is 13.6. The van der Waals surface area contributed by atoms with Gasteiger partial charge in [0, 0.05) is 16.4 Å². The van der Waals surface area contributed by atoms with Crippen molar-refractivity contribution in [2.75, 3.05) is 0 Å². The Hall–Kier alpha value is -1.46. The van der Waals surface area contributed by atoms with Crippen LogP contribution in [0.25, 0.3) is 16.9 Å². The van der Waals surface area contributed by atoms with E-state index in [4.69, 9.17) is 12.2 Å². The number of hydrogen-bond donors (Lipinski definition) is 1. The number of H-pyrrole nitrogens is 1. The van der Waals surface area contributed by atoms with Crippen molar-refractivity contribution in [1.29, 1.82) is 0 Å². The normalized spacial score (nSPS) is 11.4. The highest BCUT2D eigenvalue weighted by atomic mass is 79.9. The Morgan fingerprint density at radius 3 is 2.60 bits per heavy atom. The van der Waals surface area contributed by atoms with Gasteiger partial charge < -0.3 is 4.98 Å². The van der Waals surface area contributed by atoms with E-state index in [2.05, 4.69) is 64.0 Å². The minimum Gasteiger partial charge on any atom is -0.329 e. The SMILES string of the molecule is CC(C)c1ccc(-n2c(=S)[nH]c3cc(Br)cnc32)cc1. The van der Waals surface area contributed by atoms with E-state index in [9.17, 15) is 0 Å². The number of hydrogen-bond acceptors (Lipinski definition) is 2. The van der Waals surface area contributed by atoms with Crippen molar-refractivity contribution in [3.63, 3.8) is 0 Å². The molecule has 0 fully saturated rings. The highest BCUT2D eigenvalue weighted by Gasteiger charge is 2.08. The summed E-state index contributed by atoms with van der Waals surface area (Å²) in [6, 6.07) is 10.4. The van der Waals surface area contributed by atoms with Gasteiger partial charge in [0.25, 0.3) is 0 Å². The summed E-state index contributed by atoms with van der Waals surface area (Å²) in [5, 5.41) is 0. The zero-order valence-electron chi connectivity index (χ0n) is 11.2. The summed E-state index contributed by atoms with van der Waals surface area (Å²) < 4.78 is 3.55. The summed E-state index contributed by atoms with van der Waals surface area (Å²) in [6.07, 6.45) is 1.78. The van der Waals surface area contributed by atoms with Crippen molar-refractivity contribution in [1.82, 2.24) is 14.5 Å². The molecule has 102 valence electrons. The summed E-state index contributed by atoms with van der Waals surface area (Å²) in [4.78, 5) is 7.64. The average molecular weight is 348 g/mol. The van der Waals surface area contributed by atoms with Crippen LogP contribution in [-0.2, 0) is 0 Å². The molecule has 0 aliphatic carbocycles. The van der Waals surface area contributed by atoms with Crippen molar-refractivity contribution in [2.45, 2.75) is 19.8 Å². The highest BCUT2D eigenvalue weighted by molar-refractivity contribution is 9.10. The lowest BCUT2D eigenvalue weighted by Gasteiger charge is -2.08. The van der Waals surface area contributed by atoms with Crippen molar-refractivity contribution < 1.29 is 0 Å². The average Bonchev–Trinajstić information content (AvgIpc) is 2.73. The fourth-order valence-corrected chi connectivity index (χ4v) is 2.85. The Labute approximate surface area is 130 Å². The number of fused-ring (bicyclic) bond motifs is 1. The monoisotopic (exact) mass is 347 g/mol. The number of rotatable bonds is 2. The zero-order chi connectivity index (χ0) is 14.3. The van der Waals surface area contributed by atoms with Gasteiger partial charge in [-0.2, -0.15) is 0 Å². The molecule has 0 bridgehead atoms. The molecule has 3 rings (SSSR count). The second kappa shape index (κ2) is 5.14. The van der Waals surface area contributed by atoms with Crippen LogP contribution in [0, 0.1) is 4.77 Å². The van der Waals surface area contributed by atoms with Crippen molar-refractivity contribution in [2.24, 2.45) is 0 Å². The van der Waals surface area contributed by atoms with E-state index in [0.29, 0.717) is 10.7 Å². The Bertz CT molecular complexity index is 815. The molecule has 1 N–H and O–H groups in total. The summed E-state index contributed by atoms with van der Waals surface area (Å²) in [5.41, 5.74) is 4.11. The molecule has 0 amide bonds.